The van der Waals surface area contributed by atoms with E-state index in [0.29, 0.717) is 0 Å². The average molecular weight is 484 g/mol. The molecule has 0 spiro atoms. The van der Waals surface area contributed by atoms with Gasteiger partial charge in [-0.3, -0.25) is 14.3 Å². The molecule has 9 heteroatoms. The highest BCUT2D eigenvalue weighted by Gasteiger charge is 2.18. The van der Waals surface area contributed by atoms with Crippen molar-refractivity contribution >= 4 is 44.8 Å². The lowest BCUT2D eigenvalue weighted by Gasteiger charge is -2.13. The summed E-state index contributed by atoms with van der Waals surface area (Å²) in [5.41, 5.74) is 1.69. The number of carbonyl (C=O) groups is 2. The lowest BCUT2D eigenvalue weighted by atomic mass is 10.1. The highest BCUT2D eigenvalue weighted by Crippen LogP contribution is 2.25. The molecule has 0 bridgehead atoms. The number of rotatable bonds is 8. The van der Waals surface area contributed by atoms with Crippen molar-refractivity contribution in [2.75, 3.05) is 16.6 Å². The van der Waals surface area contributed by atoms with E-state index in [1.807, 2.05) is 6.92 Å². The molecule has 3 aromatic rings. The van der Waals surface area contributed by atoms with Crippen LogP contribution in [0.5, 0.6) is 0 Å². The number of nitrogens with one attached hydrogen (secondary N) is 3. The Balaban J connectivity index is 1.84. The molecule has 33 heavy (non-hydrogen) atoms. The normalized spacial score (nSPS) is 10.8. The van der Waals surface area contributed by atoms with Crippen molar-refractivity contribution in [3.63, 3.8) is 0 Å². The minimum Gasteiger partial charge on any atom is -0.349 e. The Kier molecular flexibility index (Phi) is 7.52. The molecule has 2 amide bonds. The second-order valence-corrected chi connectivity index (χ2v) is 9.20. The zero-order chi connectivity index (χ0) is 24.0. The lowest BCUT2D eigenvalue weighted by molar-refractivity contribution is 0.0959. The van der Waals surface area contributed by atoms with Crippen LogP contribution in [0.15, 0.2) is 84.3 Å². The topological polar surface area (TPSA) is 104 Å². The van der Waals surface area contributed by atoms with Crippen LogP contribution in [0.25, 0.3) is 0 Å². The first-order chi connectivity index (χ1) is 15.7. The minimum atomic E-state index is -3.86. The lowest BCUT2D eigenvalue weighted by Crippen LogP contribution is -2.25. The second kappa shape index (κ2) is 10.3. The number of halogens is 1. The van der Waals surface area contributed by atoms with Gasteiger partial charge < -0.3 is 10.6 Å². The smallest absolute Gasteiger partial charge is 0.261 e. The van der Waals surface area contributed by atoms with Gasteiger partial charge in [0.05, 0.1) is 26.7 Å². The van der Waals surface area contributed by atoms with Gasteiger partial charge in [-0.25, -0.2) is 8.42 Å². The minimum absolute atomic E-state index is 0.0436. The summed E-state index contributed by atoms with van der Waals surface area (Å²) >= 11 is 6.21. The number of para-hydroxylation sites is 1. The van der Waals surface area contributed by atoms with Crippen molar-refractivity contribution in [1.82, 2.24) is 5.32 Å². The average Bonchev–Trinajstić information content (AvgIpc) is 2.79. The van der Waals surface area contributed by atoms with Gasteiger partial charge in [-0.05, 0) is 49.4 Å². The first-order valence-electron chi connectivity index (χ1n) is 9.90. The molecule has 3 rings (SSSR count). The van der Waals surface area contributed by atoms with Crippen molar-refractivity contribution in [1.29, 1.82) is 0 Å². The summed E-state index contributed by atoms with van der Waals surface area (Å²) in [7, 11) is -3.86. The predicted octanol–water partition coefficient (Wildman–Crippen LogP) is 4.62. The number of amides is 2. The van der Waals surface area contributed by atoms with Gasteiger partial charge in [0.15, 0.2) is 0 Å². The Hall–Kier alpha value is -3.62. The van der Waals surface area contributed by atoms with Crippen molar-refractivity contribution < 1.29 is 18.0 Å². The number of aryl methyl sites for hydroxylation is 1. The second-order valence-electron chi connectivity index (χ2n) is 7.11. The summed E-state index contributed by atoms with van der Waals surface area (Å²) in [5.74, 6) is -0.975. The maximum Gasteiger partial charge on any atom is 0.261 e. The van der Waals surface area contributed by atoms with E-state index >= 15 is 0 Å². The number of hydrogen-bond donors (Lipinski definition) is 3. The highest BCUT2D eigenvalue weighted by molar-refractivity contribution is 7.92. The summed E-state index contributed by atoms with van der Waals surface area (Å²) in [6, 6.07) is 17.1. The molecule has 0 fully saturated rings. The number of hydrogen-bond acceptors (Lipinski definition) is 4. The Morgan fingerprint density at radius 1 is 0.970 bits per heavy atom. The molecule has 170 valence electrons. The highest BCUT2D eigenvalue weighted by atomic mass is 35.5. The Morgan fingerprint density at radius 3 is 2.36 bits per heavy atom. The van der Waals surface area contributed by atoms with Crippen LogP contribution in [-0.2, 0) is 10.0 Å². The van der Waals surface area contributed by atoms with E-state index in [0.717, 1.165) is 5.56 Å². The van der Waals surface area contributed by atoms with Gasteiger partial charge in [-0.15, -0.1) is 6.58 Å². The summed E-state index contributed by atoms with van der Waals surface area (Å²) < 4.78 is 27.8. The van der Waals surface area contributed by atoms with Crippen LogP contribution in [0.3, 0.4) is 0 Å². The Bertz CT molecular complexity index is 1310. The number of benzene rings is 3. The van der Waals surface area contributed by atoms with E-state index in [-0.39, 0.29) is 44.9 Å². The molecule has 0 heterocycles. The summed E-state index contributed by atoms with van der Waals surface area (Å²) in [4.78, 5) is 25.4. The Labute approximate surface area is 197 Å². The first kappa shape index (κ1) is 24.0. The van der Waals surface area contributed by atoms with Crippen LogP contribution in [0.2, 0.25) is 5.02 Å². The van der Waals surface area contributed by atoms with Crippen LogP contribution in [0.4, 0.5) is 11.4 Å². The van der Waals surface area contributed by atoms with E-state index in [4.69, 9.17) is 11.6 Å². The summed E-state index contributed by atoms with van der Waals surface area (Å²) in [5, 5.41) is 5.45. The molecule has 0 atom stereocenters. The molecule has 0 unspecified atom stereocenters. The van der Waals surface area contributed by atoms with Crippen LogP contribution in [0.1, 0.15) is 26.3 Å². The third kappa shape index (κ3) is 6.00. The van der Waals surface area contributed by atoms with Crippen LogP contribution in [-0.4, -0.2) is 26.8 Å². The number of anilines is 2. The van der Waals surface area contributed by atoms with E-state index in [1.54, 1.807) is 42.5 Å². The SMILES string of the molecule is C=CCNC(=O)c1ccccc1NC(=O)c1cc(NS(=O)(=O)c2ccc(C)cc2)ccc1Cl. The third-order valence-electron chi connectivity index (χ3n) is 4.62. The summed E-state index contributed by atoms with van der Waals surface area (Å²) in [6.07, 6.45) is 1.54. The fraction of sp³-hybridized carbons (Fsp3) is 0.0833. The molecule has 3 N–H and O–H groups in total. The van der Waals surface area contributed by atoms with Gasteiger partial charge in [-0.2, -0.15) is 0 Å². The van der Waals surface area contributed by atoms with Gasteiger partial charge in [0.25, 0.3) is 21.8 Å². The zero-order valence-corrected chi connectivity index (χ0v) is 19.3. The van der Waals surface area contributed by atoms with Crippen LogP contribution >= 0.6 is 11.6 Å². The molecule has 3 aromatic carbocycles. The molecule has 0 aromatic heterocycles. The number of carbonyl (C=O) groups excluding carboxylic acids is 2. The van der Waals surface area contributed by atoms with Gasteiger partial charge in [0, 0.05) is 12.2 Å². The van der Waals surface area contributed by atoms with Crippen molar-refractivity contribution in [2.45, 2.75) is 11.8 Å². The molecular weight excluding hydrogens is 462 g/mol. The molecule has 0 aliphatic carbocycles. The Morgan fingerprint density at radius 2 is 1.67 bits per heavy atom. The van der Waals surface area contributed by atoms with Crippen molar-refractivity contribution in [3.8, 4) is 0 Å². The number of sulfonamides is 1. The fourth-order valence-electron chi connectivity index (χ4n) is 2.93. The molecule has 0 aliphatic heterocycles. The molecule has 0 saturated heterocycles. The maximum absolute atomic E-state index is 12.9. The monoisotopic (exact) mass is 483 g/mol. The van der Waals surface area contributed by atoms with Crippen LogP contribution < -0.4 is 15.4 Å². The molecule has 0 aliphatic rings. The third-order valence-corrected chi connectivity index (χ3v) is 6.35. The molecule has 7 nitrogen and oxygen atoms in total. The van der Waals surface area contributed by atoms with Gasteiger partial charge in [-0.1, -0.05) is 47.5 Å². The maximum atomic E-state index is 12.9. The van der Waals surface area contributed by atoms with E-state index in [9.17, 15) is 18.0 Å². The van der Waals surface area contributed by atoms with Crippen molar-refractivity contribution in [3.05, 3.63) is 101 Å². The fourth-order valence-corrected chi connectivity index (χ4v) is 4.19. The molecule has 0 radical (unpaired) electrons. The van der Waals surface area contributed by atoms with Gasteiger partial charge in [0.2, 0.25) is 0 Å². The zero-order valence-electron chi connectivity index (χ0n) is 17.8. The van der Waals surface area contributed by atoms with Crippen LogP contribution in [0, 0.1) is 6.92 Å². The van der Waals surface area contributed by atoms with E-state index in [2.05, 4.69) is 21.9 Å². The first-order valence-corrected chi connectivity index (χ1v) is 11.8. The predicted molar refractivity (Wildman–Crippen MR) is 130 cm³/mol. The molecular formula is C24H22ClN3O4S. The van der Waals surface area contributed by atoms with E-state index in [1.165, 1.54) is 30.3 Å². The van der Waals surface area contributed by atoms with E-state index < -0.39 is 15.9 Å². The van der Waals surface area contributed by atoms with Crippen molar-refractivity contribution in [2.24, 2.45) is 0 Å². The molecule has 0 saturated carbocycles. The quantitative estimate of drug-likeness (QED) is 0.407. The van der Waals surface area contributed by atoms with Gasteiger partial charge in [0.1, 0.15) is 0 Å². The summed E-state index contributed by atoms with van der Waals surface area (Å²) in [6.45, 7) is 5.69. The van der Waals surface area contributed by atoms with Gasteiger partial charge >= 0.3 is 0 Å². The standard InChI is InChI=1S/C24H22ClN3O4S/c1-3-14-26-23(29)19-6-4-5-7-22(19)27-24(30)20-15-17(10-13-21(20)25)28-33(31,32)18-11-8-16(2)9-12-18/h3-13,15,28H,1,14H2,2H3,(H,26,29)(H,27,30). The largest absolute Gasteiger partial charge is 0.349 e.